The SMILES string of the molecule is Cc1cc(C(O)C(F)(F)C(F)(F)F)c(C)cc1Cl. The summed E-state index contributed by atoms with van der Waals surface area (Å²) in [6, 6.07) is 2.27. The fraction of sp³-hybridized carbons (Fsp3) is 0.455. The van der Waals surface area contributed by atoms with Crippen LogP contribution in [0.3, 0.4) is 0 Å². The lowest BCUT2D eigenvalue weighted by atomic mass is 9.96. The second-order valence-electron chi connectivity index (χ2n) is 3.98. The van der Waals surface area contributed by atoms with Gasteiger partial charge in [0.25, 0.3) is 0 Å². The van der Waals surface area contributed by atoms with Crippen LogP contribution in [0.15, 0.2) is 12.1 Å². The van der Waals surface area contributed by atoms with Crippen LogP contribution in [-0.4, -0.2) is 17.2 Å². The summed E-state index contributed by atoms with van der Waals surface area (Å²) < 4.78 is 62.5. The Balaban J connectivity index is 3.27. The van der Waals surface area contributed by atoms with Gasteiger partial charge in [-0.05, 0) is 36.6 Å². The highest BCUT2D eigenvalue weighted by Gasteiger charge is 2.62. The smallest absolute Gasteiger partial charge is 0.382 e. The van der Waals surface area contributed by atoms with Crippen LogP contribution < -0.4 is 0 Å². The first-order valence-corrected chi connectivity index (χ1v) is 5.25. The molecule has 0 aliphatic carbocycles. The Bertz CT molecular complexity index is 455. The Morgan fingerprint density at radius 3 is 2.00 bits per heavy atom. The molecule has 0 saturated heterocycles. The summed E-state index contributed by atoms with van der Waals surface area (Å²) in [4.78, 5) is 0. The van der Waals surface area contributed by atoms with Crippen LogP contribution >= 0.6 is 11.6 Å². The molecule has 0 radical (unpaired) electrons. The van der Waals surface area contributed by atoms with Crippen LogP contribution in [0.2, 0.25) is 5.02 Å². The van der Waals surface area contributed by atoms with Crippen molar-refractivity contribution in [2.45, 2.75) is 32.1 Å². The molecule has 1 aromatic carbocycles. The molecule has 1 nitrogen and oxygen atoms in total. The molecular weight excluding hydrogens is 279 g/mol. The van der Waals surface area contributed by atoms with Crippen LogP contribution in [0, 0.1) is 13.8 Å². The topological polar surface area (TPSA) is 20.2 Å². The third-order valence-corrected chi connectivity index (χ3v) is 2.97. The molecule has 1 aromatic rings. The van der Waals surface area contributed by atoms with E-state index in [2.05, 4.69) is 0 Å². The zero-order valence-corrected chi connectivity index (χ0v) is 10.2. The summed E-state index contributed by atoms with van der Waals surface area (Å²) in [6.07, 6.45) is -8.76. The minimum Gasteiger partial charge on any atom is -0.382 e. The average molecular weight is 289 g/mol. The first kappa shape index (κ1) is 15.2. The van der Waals surface area contributed by atoms with Crippen molar-refractivity contribution in [1.82, 2.24) is 0 Å². The number of aryl methyl sites for hydroxylation is 2. The van der Waals surface area contributed by atoms with E-state index in [1.165, 1.54) is 19.9 Å². The van der Waals surface area contributed by atoms with Gasteiger partial charge in [-0.1, -0.05) is 17.7 Å². The van der Waals surface area contributed by atoms with E-state index in [1.54, 1.807) is 0 Å². The number of hydrogen-bond donors (Lipinski definition) is 1. The quantitative estimate of drug-likeness (QED) is 0.809. The Morgan fingerprint density at radius 1 is 1.06 bits per heavy atom. The van der Waals surface area contributed by atoms with E-state index in [1.807, 2.05) is 0 Å². The molecule has 0 aromatic heterocycles. The van der Waals surface area contributed by atoms with Gasteiger partial charge < -0.3 is 5.11 Å². The predicted octanol–water partition coefficient (Wildman–Crippen LogP) is 4.19. The molecular formula is C11H10ClF5O. The van der Waals surface area contributed by atoms with Gasteiger partial charge in [0.15, 0.2) is 6.10 Å². The van der Waals surface area contributed by atoms with Crippen LogP contribution in [0.1, 0.15) is 22.8 Å². The highest BCUT2D eigenvalue weighted by Crippen LogP contribution is 2.45. The predicted molar refractivity (Wildman–Crippen MR) is 56.9 cm³/mol. The maximum absolute atomic E-state index is 13.0. The lowest BCUT2D eigenvalue weighted by Crippen LogP contribution is -2.42. The molecule has 18 heavy (non-hydrogen) atoms. The van der Waals surface area contributed by atoms with Gasteiger partial charge in [0.05, 0.1) is 0 Å². The second kappa shape index (κ2) is 4.66. The summed E-state index contributed by atoms with van der Waals surface area (Å²) in [6.45, 7) is 2.75. The molecule has 1 atom stereocenters. The largest absolute Gasteiger partial charge is 0.456 e. The van der Waals surface area contributed by atoms with Crippen molar-refractivity contribution < 1.29 is 27.1 Å². The van der Waals surface area contributed by atoms with Crippen LogP contribution in [-0.2, 0) is 0 Å². The lowest BCUT2D eigenvalue weighted by molar-refractivity contribution is -0.315. The summed E-state index contributed by atoms with van der Waals surface area (Å²) in [5.74, 6) is -5.21. The van der Waals surface area contributed by atoms with Crippen LogP contribution in [0.5, 0.6) is 0 Å². The third kappa shape index (κ3) is 2.59. The van der Waals surface area contributed by atoms with Crippen molar-refractivity contribution in [3.05, 3.63) is 33.8 Å². The van der Waals surface area contributed by atoms with Gasteiger partial charge in [-0.2, -0.15) is 22.0 Å². The first-order valence-electron chi connectivity index (χ1n) is 4.87. The number of alkyl halides is 5. The molecule has 0 aliphatic heterocycles. The number of rotatable bonds is 2. The summed E-state index contributed by atoms with van der Waals surface area (Å²) >= 11 is 5.70. The summed E-state index contributed by atoms with van der Waals surface area (Å²) in [5.41, 5.74) is -0.101. The number of aliphatic hydroxyl groups is 1. The zero-order chi connectivity index (χ0) is 14.3. The van der Waals surface area contributed by atoms with Gasteiger partial charge in [0.2, 0.25) is 0 Å². The van der Waals surface area contributed by atoms with Crippen molar-refractivity contribution in [3.8, 4) is 0 Å². The number of benzene rings is 1. The van der Waals surface area contributed by atoms with Crippen molar-refractivity contribution in [3.63, 3.8) is 0 Å². The van der Waals surface area contributed by atoms with Crippen molar-refractivity contribution >= 4 is 11.6 Å². The molecule has 0 amide bonds. The monoisotopic (exact) mass is 288 g/mol. The fourth-order valence-corrected chi connectivity index (χ4v) is 1.67. The number of hydrogen-bond acceptors (Lipinski definition) is 1. The minimum absolute atomic E-state index is 0.0713. The first-order chi connectivity index (χ1) is 7.98. The molecule has 0 spiro atoms. The fourth-order valence-electron chi connectivity index (χ4n) is 1.45. The normalized spacial score (nSPS) is 14.7. The Labute approximate surface area is 105 Å². The van der Waals surface area contributed by atoms with Crippen LogP contribution in [0.4, 0.5) is 22.0 Å². The van der Waals surface area contributed by atoms with Crippen molar-refractivity contribution in [1.29, 1.82) is 0 Å². The molecule has 1 N–H and O–H groups in total. The molecule has 0 bridgehead atoms. The Hall–Kier alpha value is -0.880. The van der Waals surface area contributed by atoms with Crippen molar-refractivity contribution in [2.75, 3.05) is 0 Å². The molecule has 1 rings (SSSR count). The standard InChI is InChI=1S/C11H10ClF5O/c1-5-4-8(12)6(2)3-7(5)9(18)10(13,14)11(15,16)17/h3-4,9,18H,1-2H3. The van der Waals surface area contributed by atoms with Gasteiger partial charge >= 0.3 is 12.1 Å². The zero-order valence-electron chi connectivity index (χ0n) is 9.45. The number of aliphatic hydroxyl groups excluding tert-OH is 1. The van der Waals surface area contributed by atoms with E-state index in [0.717, 1.165) is 6.07 Å². The van der Waals surface area contributed by atoms with Gasteiger partial charge in [-0.25, -0.2) is 0 Å². The molecule has 1 unspecified atom stereocenters. The molecule has 0 heterocycles. The minimum atomic E-state index is -5.81. The molecule has 102 valence electrons. The van der Waals surface area contributed by atoms with Gasteiger partial charge in [0.1, 0.15) is 0 Å². The van der Waals surface area contributed by atoms with E-state index < -0.39 is 23.8 Å². The highest BCUT2D eigenvalue weighted by atomic mass is 35.5. The summed E-state index contributed by atoms with van der Waals surface area (Å²) in [5, 5.41) is 9.50. The molecule has 0 aliphatic rings. The van der Waals surface area contributed by atoms with Gasteiger partial charge in [0, 0.05) is 5.02 Å². The molecule has 0 saturated carbocycles. The number of halogens is 6. The third-order valence-electron chi connectivity index (χ3n) is 2.56. The highest BCUT2D eigenvalue weighted by molar-refractivity contribution is 6.31. The van der Waals surface area contributed by atoms with Crippen LogP contribution in [0.25, 0.3) is 0 Å². The Morgan fingerprint density at radius 2 is 1.56 bits per heavy atom. The maximum Gasteiger partial charge on any atom is 0.456 e. The maximum atomic E-state index is 13.0. The molecule has 7 heteroatoms. The second-order valence-corrected chi connectivity index (χ2v) is 4.39. The summed E-state index contributed by atoms with van der Waals surface area (Å²) in [7, 11) is 0. The van der Waals surface area contributed by atoms with Crippen molar-refractivity contribution in [2.24, 2.45) is 0 Å². The average Bonchev–Trinajstić information content (AvgIpc) is 2.20. The van der Waals surface area contributed by atoms with E-state index in [0.29, 0.717) is 5.56 Å². The lowest BCUT2D eigenvalue weighted by Gasteiger charge is -2.26. The van der Waals surface area contributed by atoms with E-state index in [9.17, 15) is 27.1 Å². The van der Waals surface area contributed by atoms with E-state index in [4.69, 9.17) is 11.6 Å². The van der Waals surface area contributed by atoms with E-state index >= 15 is 0 Å². The van der Waals surface area contributed by atoms with Gasteiger partial charge in [-0.3, -0.25) is 0 Å². The van der Waals surface area contributed by atoms with E-state index in [-0.39, 0.29) is 10.6 Å². The molecule has 0 fully saturated rings. The Kier molecular flexibility index (Phi) is 3.93. The van der Waals surface area contributed by atoms with Gasteiger partial charge in [-0.15, -0.1) is 0 Å².